The molecule has 0 aliphatic heterocycles. The molecule has 0 fully saturated rings. The van der Waals surface area contributed by atoms with E-state index in [2.05, 4.69) is 17.2 Å². The molecule has 0 saturated heterocycles. The average Bonchev–Trinajstić information content (AvgIpc) is 2.85. The molecule has 6 nitrogen and oxygen atoms in total. The number of aromatic nitrogens is 3. The Labute approximate surface area is 108 Å². The van der Waals surface area contributed by atoms with Crippen molar-refractivity contribution in [1.82, 2.24) is 15.0 Å². The SMILES string of the molecule is CCCOCCOCCOCc1cn(CC)nn1. The first kappa shape index (κ1) is 15.1. The van der Waals surface area contributed by atoms with Gasteiger partial charge in [0, 0.05) is 13.2 Å². The summed E-state index contributed by atoms with van der Waals surface area (Å²) in [5.41, 5.74) is 0.850. The molecular formula is C12H23N3O3. The van der Waals surface area contributed by atoms with Gasteiger partial charge in [-0.05, 0) is 13.3 Å². The standard InChI is InChI=1S/C12H23N3O3/c1-3-5-16-6-7-17-8-9-18-11-12-10-15(4-2)14-13-12/h10H,3-9,11H2,1-2H3. The molecule has 0 unspecified atom stereocenters. The van der Waals surface area contributed by atoms with Crippen molar-refractivity contribution in [2.45, 2.75) is 33.4 Å². The van der Waals surface area contributed by atoms with Gasteiger partial charge in [0.25, 0.3) is 0 Å². The fourth-order valence-electron chi connectivity index (χ4n) is 1.32. The van der Waals surface area contributed by atoms with Crippen LogP contribution < -0.4 is 0 Å². The Hall–Kier alpha value is -0.980. The molecule has 0 aliphatic rings. The van der Waals surface area contributed by atoms with Crippen LogP contribution in [0.4, 0.5) is 0 Å². The number of hydrogen-bond acceptors (Lipinski definition) is 5. The molecule has 0 aromatic carbocycles. The van der Waals surface area contributed by atoms with Crippen molar-refractivity contribution in [3.05, 3.63) is 11.9 Å². The lowest BCUT2D eigenvalue weighted by atomic mass is 10.5. The van der Waals surface area contributed by atoms with E-state index in [-0.39, 0.29) is 0 Å². The first-order valence-electron chi connectivity index (χ1n) is 6.49. The molecular weight excluding hydrogens is 234 g/mol. The van der Waals surface area contributed by atoms with Gasteiger partial charge in [0.1, 0.15) is 5.69 Å². The lowest BCUT2D eigenvalue weighted by molar-refractivity contribution is 0.0102. The van der Waals surface area contributed by atoms with Gasteiger partial charge in [-0.15, -0.1) is 5.10 Å². The molecule has 1 aromatic rings. The Kier molecular flexibility index (Phi) is 8.37. The van der Waals surface area contributed by atoms with Crippen LogP contribution in [0.15, 0.2) is 6.20 Å². The largest absolute Gasteiger partial charge is 0.379 e. The van der Waals surface area contributed by atoms with Gasteiger partial charge in [0.05, 0.1) is 39.2 Å². The monoisotopic (exact) mass is 257 g/mol. The van der Waals surface area contributed by atoms with Gasteiger partial charge in [0.15, 0.2) is 0 Å². The third kappa shape index (κ3) is 6.68. The Bertz CT molecular complexity index is 305. The average molecular weight is 257 g/mol. The van der Waals surface area contributed by atoms with Crippen LogP contribution in [0.1, 0.15) is 26.0 Å². The van der Waals surface area contributed by atoms with E-state index in [1.165, 1.54) is 0 Å². The summed E-state index contributed by atoms with van der Waals surface area (Å²) in [6.45, 7) is 8.63. The summed E-state index contributed by atoms with van der Waals surface area (Å²) in [4.78, 5) is 0. The summed E-state index contributed by atoms with van der Waals surface area (Å²) in [5.74, 6) is 0. The summed E-state index contributed by atoms with van der Waals surface area (Å²) < 4.78 is 17.8. The van der Waals surface area contributed by atoms with Gasteiger partial charge in [-0.2, -0.15) is 0 Å². The summed E-state index contributed by atoms with van der Waals surface area (Å²) in [6, 6.07) is 0. The quantitative estimate of drug-likeness (QED) is 0.559. The van der Waals surface area contributed by atoms with Gasteiger partial charge in [-0.1, -0.05) is 12.1 Å². The van der Waals surface area contributed by atoms with E-state index in [9.17, 15) is 0 Å². The molecule has 0 bridgehead atoms. The summed E-state index contributed by atoms with van der Waals surface area (Å²) in [5, 5.41) is 7.91. The highest BCUT2D eigenvalue weighted by atomic mass is 16.5. The highest BCUT2D eigenvalue weighted by Crippen LogP contribution is 1.95. The zero-order chi connectivity index (χ0) is 13.1. The second kappa shape index (κ2) is 9.99. The molecule has 18 heavy (non-hydrogen) atoms. The summed E-state index contributed by atoms with van der Waals surface area (Å²) in [6.07, 6.45) is 2.93. The van der Waals surface area contributed by atoms with Crippen molar-refractivity contribution in [2.75, 3.05) is 33.0 Å². The van der Waals surface area contributed by atoms with E-state index >= 15 is 0 Å². The minimum atomic E-state index is 0.482. The molecule has 1 aromatic heterocycles. The highest BCUT2D eigenvalue weighted by Gasteiger charge is 1.99. The Morgan fingerprint density at radius 2 is 1.67 bits per heavy atom. The third-order valence-corrected chi connectivity index (χ3v) is 2.25. The van der Waals surface area contributed by atoms with Gasteiger partial charge < -0.3 is 14.2 Å². The van der Waals surface area contributed by atoms with Crippen molar-refractivity contribution in [2.24, 2.45) is 0 Å². The van der Waals surface area contributed by atoms with Crippen LogP contribution in [0.2, 0.25) is 0 Å². The maximum Gasteiger partial charge on any atom is 0.108 e. The van der Waals surface area contributed by atoms with E-state index in [0.29, 0.717) is 33.0 Å². The van der Waals surface area contributed by atoms with Gasteiger partial charge in [-0.25, -0.2) is 0 Å². The zero-order valence-electron chi connectivity index (χ0n) is 11.3. The van der Waals surface area contributed by atoms with Crippen LogP contribution in [0, 0.1) is 0 Å². The van der Waals surface area contributed by atoms with Gasteiger partial charge in [0.2, 0.25) is 0 Å². The van der Waals surface area contributed by atoms with Crippen LogP contribution >= 0.6 is 0 Å². The van der Waals surface area contributed by atoms with Crippen molar-refractivity contribution in [3.63, 3.8) is 0 Å². The smallest absolute Gasteiger partial charge is 0.108 e. The van der Waals surface area contributed by atoms with Crippen LogP contribution in [0.25, 0.3) is 0 Å². The highest BCUT2D eigenvalue weighted by molar-refractivity contribution is 4.89. The topological polar surface area (TPSA) is 58.4 Å². The van der Waals surface area contributed by atoms with E-state index in [1.54, 1.807) is 4.68 Å². The molecule has 104 valence electrons. The van der Waals surface area contributed by atoms with E-state index in [0.717, 1.165) is 25.3 Å². The predicted octanol–water partition coefficient (Wildman–Crippen LogP) is 1.26. The third-order valence-electron chi connectivity index (χ3n) is 2.25. The van der Waals surface area contributed by atoms with Crippen molar-refractivity contribution in [1.29, 1.82) is 0 Å². The number of rotatable bonds is 11. The fourth-order valence-corrected chi connectivity index (χ4v) is 1.32. The van der Waals surface area contributed by atoms with Gasteiger partial charge >= 0.3 is 0 Å². The zero-order valence-corrected chi connectivity index (χ0v) is 11.3. The Morgan fingerprint density at radius 1 is 1.00 bits per heavy atom. The lowest BCUT2D eigenvalue weighted by Crippen LogP contribution is -2.09. The molecule has 1 heterocycles. The minimum absolute atomic E-state index is 0.482. The van der Waals surface area contributed by atoms with E-state index < -0.39 is 0 Å². The molecule has 0 amide bonds. The number of hydrogen-bond donors (Lipinski definition) is 0. The Balaban J connectivity index is 1.89. The molecule has 0 N–H and O–H groups in total. The molecule has 0 aliphatic carbocycles. The predicted molar refractivity (Wildman–Crippen MR) is 67.3 cm³/mol. The van der Waals surface area contributed by atoms with E-state index in [1.807, 2.05) is 13.1 Å². The molecule has 6 heteroatoms. The number of nitrogens with zero attached hydrogens (tertiary/aromatic N) is 3. The normalized spacial score (nSPS) is 11.0. The molecule has 1 rings (SSSR count). The van der Waals surface area contributed by atoms with Crippen LogP contribution in [0.3, 0.4) is 0 Å². The lowest BCUT2D eigenvalue weighted by Gasteiger charge is -2.05. The first-order chi connectivity index (χ1) is 8.86. The molecule has 0 radical (unpaired) electrons. The Morgan fingerprint density at radius 3 is 2.28 bits per heavy atom. The maximum atomic E-state index is 5.42. The summed E-state index contributed by atoms with van der Waals surface area (Å²) in [7, 11) is 0. The molecule has 0 atom stereocenters. The second-order valence-electron chi connectivity index (χ2n) is 3.84. The van der Waals surface area contributed by atoms with Crippen LogP contribution in [-0.4, -0.2) is 48.0 Å². The fraction of sp³-hybridized carbons (Fsp3) is 0.833. The summed E-state index contributed by atoms with van der Waals surface area (Å²) >= 11 is 0. The maximum absolute atomic E-state index is 5.42. The molecule has 0 spiro atoms. The van der Waals surface area contributed by atoms with Gasteiger partial charge in [-0.3, -0.25) is 4.68 Å². The second-order valence-corrected chi connectivity index (χ2v) is 3.84. The first-order valence-corrected chi connectivity index (χ1v) is 6.49. The van der Waals surface area contributed by atoms with Crippen LogP contribution in [-0.2, 0) is 27.4 Å². The number of ether oxygens (including phenoxy) is 3. The minimum Gasteiger partial charge on any atom is -0.379 e. The van der Waals surface area contributed by atoms with E-state index in [4.69, 9.17) is 14.2 Å². The van der Waals surface area contributed by atoms with Crippen LogP contribution in [0.5, 0.6) is 0 Å². The van der Waals surface area contributed by atoms with Crippen molar-refractivity contribution >= 4 is 0 Å². The van der Waals surface area contributed by atoms with Crippen molar-refractivity contribution in [3.8, 4) is 0 Å². The number of aryl methyl sites for hydroxylation is 1. The van der Waals surface area contributed by atoms with Crippen molar-refractivity contribution < 1.29 is 14.2 Å². The molecule has 0 saturated carbocycles.